The summed E-state index contributed by atoms with van der Waals surface area (Å²) in [7, 11) is -6.86. The van der Waals surface area contributed by atoms with Crippen molar-refractivity contribution in [1.29, 1.82) is 0 Å². The Morgan fingerprint density at radius 3 is 2.17 bits per heavy atom. The van der Waals surface area contributed by atoms with Crippen LogP contribution in [0.15, 0.2) is 0 Å². The lowest BCUT2D eigenvalue weighted by atomic mass is 10.9. The minimum atomic E-state index is -4.55. The van der Waals surface area contributed by atoms with Crippen molar-refractivity contribution in [3.63, 3.8) is 0 Å². The molecule has 0 aromatic carbocycles. The zero-order chi connectivity index (χ0) is 9.83. The predicted molar refractivity (Wildman–Crippen MR) is 40.3 cm³/mol. The Morgan fingerprint density at radius 1 is 1.33 bits per heavy atom. The van der Waals surface area contributed by atoms with Crippen molar-refractivity contribution in [1.82, 2.24) is 4.72 Å². The Hall–Kier alpha value is -0.220. The molecule has 0 atom stereocenters. The van der Waals surface area contributed by atoms with E-state index >= 15 is 0 Å². The molecule has 74 valence electrons. The van der Waals surface area contributed by atoms with Crippen LogP contribution in [-0.2, 0) is 24.6 Å². The molecule has 0 spiro atoms. The minimum absolute atomic E-state index is 0.525. The van der Waals surface area contributed by atoms with E-state index in [1.54, 1.807) is 0 Å². The molecule has 0 aliphatic rings. The van der Waals surface area contributed by atoms with Crippen LogP contribution in [0.25, 0.3) is 0 Å². The molecule has 0 aromatic heterocycles. The molecule has 12 heavy (non-hydrogen) atoms. The molecule has 0 rings (SSSR count). The van der Waals surface area contributed by atoms with Crippen LogP contribution in [-0.4, -0.2) is 40.8 Å². The molecule has 0 aliphatic carbocycles. The lowest BCUT2D eigenvalue weighted by Gasteiger charge is -2.00. The van der Waals surface area contributed by atoms with Gasteiger partial charge in [-0.05, 0) is 7.05 Å². The number of nitrogens with one attached hydrogen (secondary N) is 1. The van der Waals surface area contributed by atoms with Gasteiger partial charge in [-0.2, -0.15) is 8.42 Å². The summed E-state index contributed by atoms with van der Waals surface area (Å²) in [6.45, 7) is -0.609. The maximum Gasteiger partial charge on any atom is 0.397 e. The van der Waals surface area contributed by atoms with Crippen LogP contribution in [0, 0.1) is 0 Å². The van der Waals surface area contributed by atoms with E-state index in [4.69, 9.17) is 4.55 Å². The molecule has 9 heteroatoms. The third kappa shape index (κ3) is 6.49. The van der Waals surface area contributed by atoms with Crippen molar-refractivity contribution >= 4 is 20.4 Å². The third-order valence-corrected chi connectivity index (χ3v) is 2.69. The highest BCUT2D eigenvalue weighted by Crippen LogP contribution is 1.88. The second-order valence-corrected chi connectivity index (χ2v) is 4.91. The summed E-state index contributed by atoms with van der Waals surface area (Å²) >= 11 is 0. The van der Waals surface area contributed by atoms with E-state index < -0.39 is 32.8 Å². The van der Waals surface area contributed by atoms with Crippen molar-refractivity contribution < 1.29 is 25.6 Å². The second kappa shape index (κ2) is 4.14. The average molecular weight is 219 g/mol. The summed E-state index contributed by atoms with van der Waals surface area (Å²) in [6.07, 6.45) is 0. The molecule has 2 N–H and O–H groups in total. The van der Waals surface area contributed by atoms with Crippen molar-refractivity contribution in [2.24, 2.45) is 0 Å². The van der Waals surface area contributed by atoms with Gasteiger partial charge in [0.05, 0.1) is 12.4 Å². The van der Waals surface area contributed by atoms with Gasteiger partial charge in [-0.15, -0.1) is 0 Å². The van der Waals surface area contributed by atoms with E-state index in [0.717, 1.165) is 0 Å². The van der Waals surface area contributed by atoms with Gasteiger partial charge in [0.1, 0.15) is 0 Å². The number of sulfonamides is 1. The summed E-state index contributed by atoms with van der Waals surface area (Å²) in [5, 5.41) is 0. The molecule has 0 heterocycles. The van der Waals surface area contributed by atoms with Crippen LogP contribution in [0.4, 0.5) is 0 Å². The van der Waals surface area contributed by atoms with E-state index in [1.165, 1.54) is 7.05 Å². The molecule has 0 fully saturated rings. The Kier molecular flexibility index (Phi) is 4.06. The van der Waals surface area contributed by atoms with Gasteiger partial charge in [0.15, 0.2) is 0 Å². The van der Waals surface area contributed by atoms with Crippen LogP contribution < -0.4 is 4.72 Å². The molecule has 0 radical (unpaired) electrons. The molecule has 0 saturated heterocycles. The van der Waals surface area contributed by atoms with E-state index in [0.29, 0.717) is 0 Å². The Bertz CT molecular complexity index is 315. The van der Waals surface area contributed by atoms with E-state index in [2.05, 4.69) is 4.18 Å². The van der Waals surface area contributed by atoms with Crippen molar-refractivity contribution in [3.05, 3.63) is 0 Å². The van der Waals surface area contributed by atoms with Gasteiger partial charge in [-0.3, -0.25) is 4.55 Å². The first-order valence-corrected chi connectivity index (χ1v) is 5.81. The van der Waals surface area contributed by atoms with E-state index in [1.807, 2.05) is 4.72 Å². The smallest absolute Gasteiger partial charge is 0.264 e. The topological polar surface area (TPSA) is 110 Å². The molecule has 0 bridgehead atoms. The summed E-state index contributed by atoms with van der Waals surface area (Å²) in [5.41, 5.74) is 0. The number of rotatable bonds is 5. The van der Waals surface area contributed by atoms with Crippen molar-refractivity contribution in [2.45, 2.75) is 0 Å². The predicted octanol–water partition coefficient (Wildman–Crippen LogP) is -1.64. The summed E-state index contributed by atoms with van der Waals surface area (Å²) in [4.78, 5) is 0. The zero-order valence-electron chi connectivity index (χ0n) is 6.22. The maximum absolute atomic E-state index is 10.6. The lowest BCUT2D eigenvalue weighted by Crippen LogP contribution is -2.25. The van der Waals surface area contributed by atoms with Gasteiger partial charge in [0.2, 0.25) is 10.0 Å². The average Bonchev–Trinajstić information content (AvgIpc) is 1.84. The molecule has 0 saturated carbocycles. The van der Waals surface area contributed by atoms with Crippen LogP contribution in [0.2, 0.25) is 0 Å². The van der Waals surface area contributed by atoms with Crippen molar-refractivity contribution in [3.8, 4) is 0 Å². The molecule has 0 aliphatic heterocycles. The summed E-state index contributed by atoms with van der Waals surface area (Å²) < 4.78 is 54.8. The monoisotopic (exact) mass is 219 g/mol. The number of hydrogen-bond acceptors (Lipinski definition) is 5. The third-order valence-electron chi connectivity index (χ3n) is 0.895. The molecular formula is C3H9NO6S2. The van der Waals surface area contributed by atoms with E-state index in [9.17, 15) is 16.8 Å². The largest absolute Gasteiger partial charge is 0.397 e. The number of hydrogen-bond donors (Lipinski definition) is 2. The summed E-state index contributed by atoms with van der Waals surface area (Å²) in [5.74, 6) is -0.525. The van der Waals surface area contributed by atoms with Crippen LogP contribution in [0.1, 0.15) is 0 Å². The highest BCUT2D eigenvalue weighted by Gasteiger charge is 2.10. The zero-order valence-corrected chi connectivity index (χ0v) is 7.85. The Morgan fingerprint density at radius 2 is 1.83 bits per heavy atom. The first-order chi connectivity index (χ1) is 5.27. The quantitative estimate of drug-likeness (QED) is 0.536. The fraction of sp³-hybridized carbons (Fsp3) is 1.00. The second-order valence-electron chi connectivity index (χ2n) is 1.77. The molecular weight excluding hydrogens is 210 g/mol. The molecule has 0 unspecified atom stereocenters. The molecule has 7 nitrogen and oxygen atoms in total. The minimum Gasteiger partial charge on any atom is -0.264 e. The van der Waals surface area contributed by atoms with Gasteiger partial charge in [-0.1, -0.05) is 0 Å². The van der Waals surface area contributed by atoms with Crippen LogP contribution in [0.5, 0.6) is 0 Å². The van der Waals surface area contributed by atoms with Gasteiger partial charge in [0.25, 0.3) is 0 Å². The normalized spacial score (nSPS) is 13.2. The molecule has 0 aromatic rings. The van der Waals surface area contributed by atoms with Crippen LogP contribution >= 0.6 is 0 Å². The fourth-order valence-corrected chi connectivity index (χ4v) is 1.26. The molecule has 0 amide bonds. The lowest BCUT2D eigenvalue weighted by molar-refractivity contribution is 0.283. The highest BCUT2D eigenvalue weighted by molar-refractivity contribution is 7.89. The van der Waals surface area contributed by atoms with Crippen molar-refractivity contribution in [2.75, 3.05) is 19.4 Å². The Balaban J connectivity index is 3.89. The first kappa shape index (κ1) is 11.8. The maximum atomic E-state index is 10.6. The van der Waals surface area contributed by atoms with Gasteiger partial charge in [0, 0.05) is 0 Å². The first-order valence-electron chi connectivity index (χ1n) is 2.80. The fourth-order valence-electron chi connectivity index (χ4n) is 0.351. The highest BCUT2D eigenvalue weighted by atomic mass is 32.3. The van der Waals surface area contributed by atoms with E-state index in [-0.39, 0.29) is 0 Å². The Labute approximate surface area is 70.7 Å². The van der Waals surface area contributed by atoms with Gasteiger partial charge < -0.3 is 0 Å². The summed E-state index contributed by atoms with van der Waals surface area (Å²) in [6, 6.07) is 0. The van der Waals surface area contributed by atoms with Gasteiger partial charge in [-0.25, -0.2) is 17.3 Å². The SMILES string of the molecule is CNS(=O)(=O)CCOS(=O)(=O)O. The standard InChI is InChI=1S/C3H9NO6S2/c1-4-11(5,6)3-2-10-12(7,8)9/h4H,2-3H2,1H3,(H,7,8,9). The van der Waals surface area contributed by atoms with Crippen LogP contribution in [0.3, 0.4) is 0 Å². The van der Waals surface area contributed by atoms with Gasteiger partial charge >= 0.3 is 10.4 Å².